The van der Waals surface area contributed by atoms with Crippen molar-refractivity contribution in [2.45, 2.75) is 13.8 Å². The summed E-state index contributed by atoms with van der Waals surface area (Å²) < 4.78 is 0. The molecule has 0 aliphatic rings. The number of carbonyl (C=O) groups excluding carboxylic acids is 1. The predicted octanol–water partition coefficient (Wildman–Crippen LogP) is 1.33. The van der Waals surface area contributed by atoms with E-state index >= 15 is 0 Å². The highest BCUT2D eigenvalue weighted by Gasteiger charge is 2.15. The number of hydrogen-bond donors (Lipinski definition) is 2. The highest BCUT2D eigenvalue weighted by atomic mass is 16.4. The quantitative estimate of drug-likeness (QED) is 0.827. The Balaban J connectivity index is 2.71. The Kier molecular flexibility index (Phi) is 4.45. The van der Waals surface area contributed by atoms with Crippen molar-refractivity contribution >= 4 is 17.7 Å². The van der Waals surface area contributed by atoms with Crippen LogP contribution in [-0.4, -0.2) is 40.1 Å². The highest BCUT2D eigenvalue weighted by molar-refractivity contribution is 5.91. The average Bonchev–Trinajstić information content (AvgIpc) is 2.28. The smallest absolute Gasteiger partial charge is 0.323 e. The zero-order valence-electron chi connectivity index (χ0n) is 9.80. The van der Waals surface area contributed by atoms with Crippen LogP contribution in [0.4, 0.5) is 10.5 Å². The van der Waals surface area contributed by atoms with Crippen molar-refractivity contribution < 1.29 is 14.7 Å². The van der Waals surface area contributed by atoms with Crippen LogP contribution in [0.25, 0.3) is 0 Å². The number of nitrogens with zero attached hydrogens (tertiary/aromatic N) is 2. The zero-order chi connectivity index (χ0) is 12.8. The fraction of sp³-hybridized carbons (Fsp3) is 0.364. The standard InChI is InChI=1S/C11H15N3O3/c1-3-14(7-10(15)16)11(17)13-9-5-4-6-12-8(9)2/h4-6H,3,7H2,1-2H3,(H,13,17)(H,15,16). The van der Waals surface area contributed by atoms with Crippen LogP contribution in [0.2, 0.25) is 0 Å². The fourth-order valence-corrected chi connectivity index (χ4v) is 1.30. The van der Waals surface area contributed by atoms with Crippen LogP contribution >= 0.6 is 0 Å². The largest absolute Gasteiger partial charge is 0.480 e. The number of amides is 2. The number of rotatable bonds is 4. The first-order chi connectivity index (χ1) is 8.04. The van der Waals surface area contributed by atoms with Gasteiger partial charge in [0.1, 0.15) is 6.54 Å². The van der Waals surface area contributed by atoms with Crippen molar-refractivity contribution in [1.29, 1.82) is 0 Å². The van der Waals surface area contributed by atoms with Crippen molar-refractivity contribution in [3.63, 3.8) is 0 Å². The van der Waals surface area contributed by atoms with Crippen LogP contribution in [-0.2, 0) is 4.79 Å². The fourth-order valence-electron chi connectivity index (χ4n) is 1.30. The van der Waals surface area contributed by atoms with Gasteiger partial charge in [0.05, 0.1) is 11.4 Å². The maximum Gasteiger partial charge on any atom is 0.323 e. The molecule has 6 nitrogen and oxygen atoms in total. The first-order valence-corrected chi connectivity index (χ1v) is 5.24. The molecule has 0 unspecified atom stereocenters. The summed E-state index contributed by atoms with van der Waals surface area (Å²) in [4.78, 5) is 27.5. The van der Waals surface area contributed by atoms with Gasteiger partial charge < -0.3 is 15.3 Å². The van der Waals surface area contributed by atoms with Crippen molar-refractivity contribution in [2.24, 2.45) is 0 Å². The molecule has 0 spiro atoms. The average molecular weight is 237 g/mol. The number of carbonyl (C=O) groups is 2. The van der Waals surface area contributed by atoms with Gasteiger partial charge in [-0.3, -0.25) is 9.78 Å². The van der Waals surface area contributed by atoms with Crippen LogP contribution in [0.1, 0.15) is 12.6 Å². The van der Waals surface area contributed by atoms with E-state index in [1.165, 1.54) is 4.90 Å². The molecule has 0 radical (unpaired) electrons. The second kappa shape index (κ2) is 5.83. The second-order valence-electron chi connectivity index (χ2n) is 3.47. The van der Waals surface area contributed by atoms with Gasteiger partial charge in [-0.15, -0.1) is 0 Å². The summed E-state index contributed by atoms with van der Waals surface area (Å²) in [7, 11) is 0. The van der Waals surface area contributed by atoms with E-state index in [0.717, 1.165) is 0 Å². The molecule has 1 heterocycles. The molecule has 0 fully saturated rings. The van der Waals surface area contributed by atoms with Gasteiger partial charge in [-0.2, -0.15) is 0 Å². The third-order valence-electron chi connectivity index (χ3n) is 2.24. The number of likely N-dealkylation sites (N-methyl/N-ethyl adjacent to an activating group) is 1. The Hall–Kier alpha value is -2.11. The zero-order valence-corrected chi connectivity index (χ0v) is 9.80. The molecule has 1 rings (SSSR count). The summed E-state index contributed by atoms with van der Waals surface area (Å²) >= 11 is 0. The monoisotopic (exact) mass is 237 g/mol. The summed E-state index contributed by atoms with van der Waals surface area (Å²) in [6.45, 7) is 3.50. The molecule has 0 aromatic carbocycles. The third-order valence-corrected chi connectivity index (χ3v) is 2.24. The van der Waals surface area contributed by atoms with Crippen LogP contribution in [0.5, 0.6) is 0 Å². The molecule has 2 amide bonds. The minimum absolute atomic E-state index is 0.318. The van der Waals surface area contributed by atoms with Gasteiger partial charge >= 0.3 is 12.0 Å². The Morgan fingerprint density at radius 1 is 1.53 bits per heavy atom. The number of anilines is 1. The van der Waals surface area contributed by atoms with Crippen LogP contribution in [0, 0.1) is 6.92 Å². The second-order valence-corrected chi connectivity index (χ2v) is 3.47. The summed E-state index contributed by atoms with van der Waals surface area (Å²) in [6.07, 6.45) is 1.62. The van der Waals surface area contributed by atoms with Gasteiger partial charge in [0.2, 0.25) is 0 Å². The minimum Gasteiger partial charge on any atom is -0.480 e. The molecule has 0 aliphatic heterocycles. The van der Waals surface area contributed by atoms with E-state index in [-0.39, 0.29) is 6.54 Å². The lowest BCUT2D eigenvalue weighted by molar-refractivity contribution is -0.137. The van der Waals surface area contributed by atoms with E-state index in [1.54, 1.807) is 32.2 Å². The Morgan fingerprint density at radius 2 is 2.24 bits per heavy atom. The van der Waals surface area contributed by atoms with Crippen molar-refractivity contribution in [3.05, 3.63) is 24.0 Å². The van der Waals surface area contributed by atoms with E-state index in [9.17, 15) is 9.59 Å². The lowest BCUT2D eigenvalue weighted by Crippen LogP contribution is -2.38. The van der Waals surface area contributed by atoms with Crippen LogP contribution in [0.3, 0.4) is 0 Å². The van der Waals surface area contributed by atoms with Gasteiger partial charge in [-0.25, -0.2) is 4.79 Å². The minimum atomic E-state index is -1.04. The number of aliphatic carboxylic acids is 1. The normalized spacial score (nSPS) is 9.76. The molecule has 17 heavy (non-hydrogen) atoms. The van der Waals surface area contributed by atoms with Gasteiger partial charge in [0.15, 0.2) is 0 Å². The van der Waals surface area contributed by atoms with E-state index in [2.05, 4.69) is 10.3 Å². The van der Waals surface area contributed by atoms with Gasteiger partial charge in [-0.1, -0.05) is 0 Å². The molecule has 6 heteroatoms. The number of nitrogens with one attached hydrogen (secondary N) is 1. The molecule has 0 saturated carbocycles. The van der Waals surface area contributed by atoms with E-state index in [4.69, 9.17) is 5.11 Å². The maximum absolute atomic E-state index is 11.8. The molecular weight excluding hydrogens is 222 g/mol. The highest BCUT2D eigenvalue weighted by Crippen LogP contribution is 2.11. The number of carboxylic acids is 1. The van der Waals surface area contributed by atoms with E-state index in [1.807, 2.05) is 0 Å². The predicted molar refractivity (Wildman–Crippen MR) is 62.9 cm³/mol. The Bertz CT molecular complexity index is 420. The lowest BCUT2D eigenvalue weighted by Gasteiger charge is -2.19. The van der Waals surface area contributed by atoms with Gasteiger partial charge in [0, 0.05) is 12.7 Å². The molecule has 0 bridgehead atoms. The number of hydrogen-bond acceptors (Lipinski definition) is 3. The van der Waals surface area contributed by atoms with Gasteiger partial charge in [-0.05, 0) is 26.0 Å². The molecule has 1 aromatic rings. The molecule has 0 saturated heterocycles. The summed E-state index contributed by atoms with van der Waals surface area (Å²) in [5.74, 6) is -1.04. The molecule has 0 atom stereocenters. The van der Waals surface area contributed by atoms with E-state index < -0.39 is 12.0 Å². The molecule has 2 N–H and O–H groups in total. The number of aromatic nitrogens is 1. The first-order valence-electron chi connectivity index (χ1n) is 5.24. The van der Waals surface area contributed by atoms with Crippen molar-refractivity contribution in [1.82, 2.24) is 9.88 Å². The Morgan fingerprint density at radius 3 is 2.76 bits per heavy atom. The van der Waals surface area contributed by atoms with E-state index in [0.29, 0.717) is 17.9 Å². The number of pyridine rings is 1. The number of carboxylic acid groups (broad SMARTS) is 1. The van der Waals surface area contributed by atoms with Crippen LogP contribution < -0.4 is 5.32 Å². The van der Waals surface area contributed by atoms with Gasteiger partial charge in [0.25, 0.3) is 0 Å². The third kappa shape index (κ3) is 3.75. The first kappa shape index (κ1) is 13.0. The van der Waals surface area contributed by atoms with Crippen molar-refractivity contribution in [3.8, 4) is 0 Å². The molecule has 92 valence electrons. The molecular formula is C11H15N3O3. The summed E-state index contributed by atoms with van der Waals surface area (Å²) in [5, 5.41) is 11.3. The maximum atomic E-state index is 11.8. The number of urea groups is 1. The number of aryl methyl sites for hydroxylation is 1. The van der Waals surface area contributed by atoms with Crippen molar-refractivity contribution in [2.75, 3.05) is 18.4 Å². The molecule has 1 aromatic heterocycles. The Labute approximate surface area is 99.3 Å². The van der Waals surface area contributed by atoms with Crippen LogP contribution in [0.15, 0.2) is 18.3 Å². The summed E-state index contributed by atoms with van der Waals surface area (Å²) in [5.41, 5.74) is 1.27. The SMILES string of the molecule is CCN(CC(=O)O)C(=O)Nc1cccnc1C. The lowest BCUT2D eigenvalue weighted by atomic mass is 10.3. The molecule has 0 aliphatic carbocycles. The topological polar surface area (TPSA) is 82.5 Å². The summed E-state index contributed by atoms with van der Waals surface area (Å²) in [6, 6.07) is 2.98.